The van der Waals surface area contributed by atoms with Crippen LogP contribution in [0.25, 0.3) is 0 Å². The Morgan fingerprint density at radius 3 is 3.10 bits per heavy atom. The van der Waals surface area contributed by atoms with Gasteiger partial charge in [0.15, 0.2) is 5.89 Å². The lowest BCUT2D eigenvalue weighted by atomic mass is 10.00. The van der Waals surface area contributed by atoms with Gasteiger partial charge in [-0.25, -0.2) is 4.98 Å². The van der Waals surface area contributed by atoms with Crippen LogP contribution in [0.5, 0.6) is 5.75 Å². The maximum absolute atomic E-state index is 5.91. The lowest BCUT2D eigenvalue weighted by Crippen LogP contribution is -2.28. The Bertz CT molecular complexity index is 565. The zero-order chi connectivity index (χ0) is 13.8. The molecule has 2 heterocycles. The Labute approximate surface area is 131 Å². The van der Waals surface area contributed by atoms with Crippen LogP contribution in [0, 0.1) is 0 Å². The molecule has 0 amide bonds. The second-order valence-corrected chi connectivity index (χ2v) is 5.24. The van der Waals surface area contributed by atoms with E-state index in [1.807, 2.05) is 24.4 Å². The molecule has 0 radical (unpaired) electrons. The van der Waals surface area contributed by atoms with Crippen molar-refractivity contribution in [1.29, 1.82) is 0 Å². The molecule has 1 fully saturated rings. The normalized spacial score (nSPS) is 18.0. The third kappa shape index (κ3) is 3.99. The first-order valence-electron chi connectivity index (χ1n) is 7.13. The molecular formula is C16H21ClN2O2. The number of aromatic nitrogens is 1. The summed E-state index contributed by atoms with van der Waals surface area (Å²) in [5.41, 5.74) is 1.17. The van der Waals surface area contributed by atoms with Crippen molar-refractivity contribution < 1.29 is 9.15 Å². The van der Waals surface area contributed by atoms with E-state index < -0.39 is 0 Å². The number of benzene rings is 1. The fraction of sp³-hybridized carbons (Fsp3) is 0.438. The van der Waals surface area contributed by atoms with Crippen molar-refractivity contribution in [2.75, 3.05) is 20.2 Å². The topological polar surface area (TPSA) is 47.3 Å². The number of hydrogen-bond acceptors (Lipinski definition) is 4. The highest BCUT2D eigenvalue weighted by molar-refractivity contribution is 5.85. The molecule has 1 aliphatic rings. The van der Waals surface area contributed by atoms with Gasteiger partial charge in [0.25, 0.3) is 0 Å². The van der Waals surface area contributed by atoms with Gasteiger partial charge < -0.3 is 14.5 Å². The summed E-state index contributed by atoms with van der Waals surface area (Å²) in [5.74, 6) is 3.08. The Morgan fingerprint density at radius 2 is 2.33 bits per heavy atom. The summed E-state index contributed by atoms with van der Waals surface area (Å²) in [7, 11) is 1.68. The number of nitrogens with one attached hydrogen (secondary N) is 1. The smallest absolute Gasteiger partial charge is 0.198 e. The molecule has 1 unspecified atom stereocenters. The number of nitrogens with zero attached hydrogens (tertiary/aromatic N) is 1. The molecule has 0 aliphatic carbocycles. The van der Waals surface area contributed by atoms with Gasteiger partial charge in [-0.1, -0.05) is 12.1 Å². The lowest BCUT2D eigenvalue weighted by molar-refractivity contribution is 0.365. The molecule has 1 aliphatic heterocycles. The molecule has 5 heteroatoms. The van der Waals surface area contributed by atoms with E-state index >= 15 is 0 Å². The van der Waals surface area contributed by atoms with Gasteiger partial charge in [0.2, 0.25) is 0 Å². The van der Waals surface area contributed by atoms with Gasteiger partial charge in [0, 0.05) is 18.9 Å². The van der Waals surface area contributed by atoms with E-state index in [9.17, 15) is 0 Å². The molecule has 21 heavy (non-hydrogen) atoms. The predicted octanol–water partition coefficient (Wildman–Crippen LogP) is 3.16. The van der Waals surface area contributed by atoms with Crippen LogP contribution < -0.4 is 10.1 Å². The van der Waals surface area contributed by atoms with Crippen LogP contribution in [-0.2, 0) is 6.42 Å². The second-order valence-electron chi connectivity index (χ2n) is 5.24. The third-order valence-electron chi connectivity index (χ3n) is 3.73. The number of methoxy groups -OCH3 is 1. The van der Waals surface area contributed by atoms with Crippen LogP contribution in [-0.4, -0.2) is 25.2 Å². The van der Waals surface area contributed by atoms with E-state index in [0.717, 1.165) is 43.3 Å². The molecule has 114 valence electrons. The van der Waals surface area contributed by atoms with Crippen LogP contribution in [0.3, 0.4) is 0 Å². The number of ether oxygens (including phenoxy) is 1. The van der Waals surface area contributed by atoms with E-state index in [1.165, 1.54) is 12.0 Å². The highest BCUT2D eigenvalue weighted by Gasteiger charge is 2.20. The van der Waals surface area contributed by atoms with Gasteiger partial charge in [-0.05, 0) is 37.1 Å². The zero-order valence-corrected chi connectivity index (χ0v) is 13.0. The summed E-state index contributed by atoms with van der Waals surface area (Å²) in [6.45, 7) is 2.08. The molecule has 4 nitrogen and oxygen atoms in total. The fourth-order valence-corrected chi connectivity index (χ4v) is 2.64. The van der Waals surface area contributed by atoms with Crippen LogP contribution in [0.1, 0.15) is 36.0 Å². The zero-order valence-electron chi connectivity index (χ0n) is 12.2. The van der Waals surface area contributed by atoms with Crippen molar-refractivity contribution >= 4 is 12.4 Å². The van der Waals surface area contributed by atoms with E-state index in [2.05, 4.69) is 16.4 Å². The monoisotopic (exact) mass is 308 g/mol. The number of piperidine rings is 1. The fourth-order valence-electron chi connectivity index (χ4n) is 2.64. The first kappa shape index (κ1) is 15.9. The van der Waals surface area contributed by atoms with Crippen LogP contribution >= 0.6 is 12.4 Å². The van der Waals surface area contributed by atoms with Gasteiger partial charge in [-0.2, -0.15) is 0 Å². The highest BCUT2D eigenvalue weighted by Crippen LogP contribution is 2.24. The molecule has 3 rings (SSSR count). The third-order valence-corrected chi connectivity index (χ3v) is 3.73. The minimum atomic E-state index is 0. The summed E-state index contributed by atoms with van der Waals surface area (Å²) >= 11 is 0. The van der Waals surface area contributed by atoms with Crippen molar-refractivity contribution in [2.45, 2.75) is 25.2 Å². The maximum Gasteiger partial charge on any atom is 0.198 e. The summed E-state index contributed by atoms with van der Waals surface area (Å²) in [6, 6.07) is 8.05. The SMILES string of the molecule is COc1cccc(Cc2cnc(C3CCCNC3)o2)c1.Cl. The molecule has 1 saturated heterocycles. The minimum Gasteiger partial charge on any atom is -0.497 e. The van der Waals surface area contributed by atoms with E-state index in [1.54, 1.807) is 7.11 Å². The van der Waals surface area contributed by atoms with E-state index in [0.29, 0.717) is 5.92 Å². The van der Waals surface area contributed by atoms with Crippen LogP contribution in [0.2, 0.25) is 0 Å². The highest BCUT2D eigenvalue weighted by atomic mass is 35.5. The Kier molecular flexibility index (Phi) is 5.65. The number of rotatable bonds is 4. The molecular weight excluding hydrogens is 288 g/mol. The van der Waals surface area contributed by atoms with E-state index in [-0.39, 0.29) is 12.4 Å². The van der Waals surface area contributed by atoms with Gasteiger partial charge in [0.1, 0.15) is 11.5 Å². The molecule has 2 aromatic rings. The quantitative estimate of drug-likeness (QED) is 0.942. The standard InChI is InChI=1S/C16H20N2O2.ClH/c1-19-14-6-2-4-12(8-14)9-15-11-18-16(20-15)13-5-3-7-17-10-13;/h2,4,6,8,11,13,17H,3,5,7,9-10H2,1H3;1H. The van der Waals surface area contributed by atoms with Gasteiger partial charge >= 0.3 is 0 Å². The lowest BCUT2D eigenvalue weighted by Gasteiger charge is -2.19. The number of oxazole rings is 1. The minimum absolute atomic E-state index is 0. The number of halogens is 1. The van der Waals surface area contributed by atoms with Crippen molar-refractivity contribution in [3.8, 4) is 5.75 Å². The molecule has 1 aromatic carbocycles. The molecule has 0 bridgehead atoms. The van der Waals surface area contributed by atoms with Crippen LogP contribution in [0.4, 0.5) is 0 Å². The number of hydrogen-bond donors (Lipinski definition) is 1. The Balaban J connectivity index is 0.00000161. The predicted molar refractivity (Wildman–Crippen MR) is 84.4 cm³/mol. The average Bonchev–Trinajstić information content (AvgIpc) is 2.97. The van der Waals surface area contributed by atoms with Crippen molar-refractivity contribution in [2.24, 2.45) is 0 Å². The molecule has 0 spiro atoms. The summed E-state index contributed by atoms with van der Waals surface area (Å²) in [5, 5.41) is 3.39. The summed E-state index contributed by atoms with van der Waals surface area (Å²) in [6.07, 6.45) is 4.96. The molecule has 1 aromatic heterocycles. The van der Waals surface area contributed by atoms with Gasteiger partial charge in [-0.15, -0.1) is 12.4 Å². The van der Waals surface area contributed by atoms with Gasteiger partial charge in [-0.3, -0.25) is 0 Å². The van der Waals surface area contributed by atoms with Crippen molar-refractivity contribution in [3.63, 3.8) is 0 Å². The first-order chi connectivity index (χ1) is 9.85. The molecule has 1 atom stereocenters. The maximum atomic E-state index is 5.91. The van der Waals surface area contributed by atoms with Crippen molar-refractivity contribution in [1.82, 2.24) is 10.3 Å². The van der Waals surface area contributed by atoms with Crippen LogP contribution in [0.15, 0.2) is 34.9 Å². The summed E-state index contributed by atoms with van der Waals surface area (Å²) < 4.78 is 11.1. The van der Waals surface area contributed by atoms with E-state index in [4.69, 9.17) is 9.15 Å². The molecule has 1 N–H and O–H groups in total. The summed E-state index contributed by atoms with van der Waals surface area (Å²) in [4.78, 5) is 4.44. The molecule has 0 saturated carbocycles. The van der Waals surface area contributed by atoms with Crippen molar-refractivity contribution in [3.05, 3.63) is 47.7 Å². The Morgan fingerprint density at radius 1 is 1.43 bits per heavy atom. The Hall–Kier alpha value is -1.52. The second kappa shape index (κ2) is 7.48. The largest absolute Gasteiger partial charge is 0.497 e. The average molecular weight is 309 g/mol. The van der Waals surface area contributed by atoms with Gasteiger partial charge in [0.05, 0.1) is 13.3 Å². The first-order valence-corrected chi connectivity index (χ1v) is 7.13.